The van der Waals surface area contributed by atoms with Crippen LogP contribution in [-0.4, -0.2) is 48.6 Å². The number of carbonyl (C=O) groups is 2. The first kappa shape index (κ1) is 36.6. The summed E-state index contributed by atoms with van der Waals surface area (Å²) in [7, 11) is 0. The fraction of sp³-hybridized carbons (Fsp3) is 0.882. The van der Waals surface area contributed by atoms with Crippen molar-refractivity contribution in [2.75, 3.05) is 13.2 Å². The highest BCUT2D eigenvalue weighted by Gasteiger charge is 2.36. The molecule has 0 aromatic heterocycles. The molecule has 0 bridgehead atoms. The summed E-state index contributed by atoms with van der Waals surface area (Å²) in [5, 5.41) is 9.95. The lowest BCUT2D eigenvalue weighted by molar-refractivity contribution is -0.152. The van der Waals surface area contributed by atoms with Gasteiger partial charge in [0.25, 0.3) is 0 Å². The van der Waals surface area contributed by atoms with Crippen molar-refractivity contribution in [2.24, 2.45) is 0 Å². The molecule has 6 nitrogen and oxygen atoms in total. The molecule has 0 saturated carbocycles. The first-order chi connectivity index (χ1) is 19.6. The van der Waals surface area contributed by atoms with E-state index >= 15 is 0 Å². The van der Waals surface area contributed by atoms with Gasteiger partial charge in [0.05, 0.1) is 12.2 Å². The number of aliphatic hydroxyl groups is 1. The third-order valence-corrected chi connectivity index (χ3v) is 7.67. The summed E-state index contributed by atoms with van der Waals surface area (Å²) in [6.45, 7) is 4.23. The minimum atomic E-state index is -0.967. The highest BCUT2D eigenvalue weighted by molar-refractivity contribution is 5.69. The molecule has 1 rings (SSSR count). The van der Waals surface area contributed by atoms with Gasteiger partial charge >= 0.3 is 11.9 Å². The third kappa shape index (κ3) is 23.3. The molecule has 0 spiro atoms. The maximum Gasteiger partial charge on any atom is 0.305 e. The maximum absolute atomic E-state index is 11.9. The van der Waals surface area contributed by atoms with E-state index in [0.29, 0.717) is 25.0 Å². The van der Waals surface area contributed by atoms with Crippen LogP contribution in [-0.2, 0) is 23.8 Å². The van der Waals surface area contributed by atoms with Crippen LogP contribution in [0.25, 0.3) is 0 Å². The largest absolute Gasteiger partial charge is 0.463 e. The van der Waals surface area contributed by atoms with E-state index in [4.69, 9.17) is 14.2 Å². The predicted molar refractivity (Wildman–Crippen MR) is 163 cm³/mol. The monoisotopic (exact) mass is 566 g/mol. The molecule has 1 aliphatic rings. The number of hydrogen-bond donors (Lipinski definition) is 1. The summed E-state index contributed by atoms with van der Waals surface area (Å²) in [5.74, 6) is -0.587. The quantitative estimate of drug-likeness (QED) is 0.0421. The van der Waals surface area contributed by atoms with Crippen molar-refractivity contribution < 1.29 is 28.9 Å². The van der Waals surface area contributed by atoms with Crippen LogP contribution in [0.2, 0.25) is 0 Å². The molecule has 1 heterocycles. The molecule has 234 valence electrons. The van der Waals surface area contributed by atoms with E-state index in [0.717, 1.165) is 57.8 Å². The van der Waals surface area contributed by atoms with Crippen molar-refractivity contribution in [1.29, 1.82) is 0 Å². The Morgan fingerprint density at radius 2 is 1.12 bits per heavy atom. The Hall–Kier alpha value is -1.40. The van der Waals surface area contributed by atoms with Crippen molar-refractivity contribution in [2.45, 2.75) is 180 Å². The van der Waals surface area contributed by atoms with E-state index in [-0.39, 0.29) is 25.2 Å². The van der Waals surface area contributed by atoms with Crippen LogP contribution in [0.15, 0.2) is 12.2 Å². The second kappa shape index (κ2) is 26.5. The predicted octanol–water partition coefficient (Wildman–Crippen LogP) is 8.77. The van der Waals surface area contributed by atoms with Gasteiger partial charge in [-0.1, -0.05) is 122 Å². The van der Waals surface area contributed by atoms with Crippen molar-refractivity contribution in [3.05, 3.63) is 12.2 Å². The standard InChI is InChI=1S/C34H62O6/c1-3-5-7-9-11-12-13-14-18-22-26-33(36)38-28-30(35)29-39-34(37)27-23-19-15-17-21-25-32-31(40-32)24-20-16-10-8-6-4-2/h16,20,30-32,35H,3-15,17-19,21-29H2,1-2H3/b20-16-/t30-,31?,32?/m0/s1. The van der Waals surface area contributed by atoms with Gasteiger partial charge in [0.2, 0.25) is 0 Å². The molecular formula is C34H62O6. The van der Waals surface area contributed by atoms with Gasteiger partial charge in [0.15, 0.2) is 0 Å². The van der Waals surface area contributed by atoms with Gasteiger partial charge in [0, 0.05) is 12.8 Å². The molecule has 6 heteroatoms. The number of epoxide rings is 1. The lowest BCUT2D eigenvalue weighted by Gasteiger charge is -2.12. The van der Waals surface area contributed by atoms with Gasteiger partial charge in [-0.25, -0.2) is 0 Å². The average Bonchev–Trinajstić information content (AvgIpc) is 3.71. The number of esters is 2. The molecule has 3 atom stereocenters. The highest BCUT2D eigenvalue weighted by Crippen LogP contribution is 2.30. The Bertz CT molecular complexity index is 634. The SMILES string of the molecule is CCCCC/C=C\CC1OC1CCCCCCCC(=O)OC[C@@H](O)COC(=O)CCCCCCCCCCCC. The summed E-state index contributed by atoms with van der Waals surface area (Å²) < 4.78 is 16.0. The van der Waals surface area contributed by atoms with Crippen LogP contribution in [0.4, 0.5) is 0 Å². The fourth-order valence-electron chi connectivity index (χ4n) is 4.97. The lowest BCUT2D eigenvalue weighted by Crippen LogP contribution is -2.25. The van der Waals surface area contributed by atoms with Crippen LogP contribution < -0.4 is 0 Å². The number of aliphatic hydroxyl groups excluding tert-OH is 1. The van der Waals surface area contributed by atoms with Crippen molar-refractivity contribution in [1.82, 2.24) is 0 Å². The Morgan fingerprint density at radius 1 is 0.650 bits per heavy atom. The Morgan fingerprint density at radius 3 is 1.68 bits per heavy atom. The topological polar surface area (TPSA) is 85.4 Å². The smallest absolute Gasteiger partial charge is 0.305 e. The number of carbonyl (C=O) groups excluding carboxylic acids is 2. The summed E-state index contributed by atoms with van der Waals surface area (Å²) in [5.41, 5.74) is 0. The van der Waals surface area contributed by atoms with E-state index in [1.165, 1.54) is 77.0 Å². The van der Waals surface area contributed by atoms with E-state index in [1.807, 2.05) is 0 Å². The molecule has 0 radical (unpaired) electrons. The van der Waals surface area contributed by atoms with E-state index in [9.17, 15) is 14.7 Å². The maximum atomic E-state index is 11.9. The summed E-state index contributed by atoms with van der Waals surface area (Å²) in [4.78, 5) is 23.8. The second-order valence-electron chi connectivity index (χ2n) is 11.7. The zero-order valence-electron chi connectivity index (χ0n) is 26.1. The number of allylic oxidation sites excluding steroid dienone is 1. The van der Waals surface area contributed by atoms with Crippen molar-refractivity contribution in [3.63, 3.8) is 0 Å². The summed E-state index contributed by atoms with van der Waals surface area (Å²) in [6.07, 6.45) is 29.9. The Labute approximate surface area is 246 Å². The molecule has 0 amide bonds. The van der Waals surface area contributed by atoms with Crippen molar-refractivity contribution >= 4 is 11.9 Å². The fourth-order valence-corrected chi connectivity index (χ4v) is 4.97. The highest BCUT2D eigenvalue weighted by atomic mass is 16.6. The molecular weight excluding hydrogens is 504 g/mol. The Balaban J connectivity index is 1.84. The zero-order valence-corrected chi connectivity index (χ0v) is 26.1. The molecule has 0 aromatic rings. The van der Waals surface area contributed by atoms with Gasteiger partial charge in [-0.2, -0.15) is 0 Å². The molecule has 1 fully saturated rings. The van der Waals surface area contributed by atoms with Crippen LogP contribution >= 0.6 is 0 Å². The van der Waals surface area contributed by atoms with Gasteiger partial charge in [0.1, 0.15) is 19.3 Å². The van der Waals surface area contributed by atoms with Gasteiger partial charge in [-0.05, 0) is 38.5 Å². The first-order valence-electron chi connectivity index (χ1n) is 16.9. The van der Waals surface area contributed by atoms with Crippen molar-refractivity contribution in [3.8, 4) is 0 Å². The third-order valence-electron chi connectivity index (χ3n) is 7.67. The van der Waals surface area contributed by atoms with E-state index < -0.39 is 6.10 Å². The lowest BCUT2D eigenvalue weighted by atomic mass is 10.1. The average molecular weight is 567 g/mol. The number of unbranched alkanes of at least 4 members (excludes halogenated alkanes) is 16. The normalized spacial score (nSPS) is 17.3. The van der Waals surface area contributed by atoms with Crippen LogP contribution in [0.3, 0.4) is 0 Å². The van der Waals surface area contributed by atoms with Gasteiger partial charge in [-0.3, -0.25) is 9.59 Å². The minimum absolute atomic E-state index is 0.120. The molecule has 1 saturated heterocycles. The zero-order chi connectivity index (χ0) is 29.1. The Kier molecular flexibility index (Phi) is 24.3. The summed E-state index contributed by atoms with van der Waals surface area (Å²) in [6, 6.07) is 0. The number of ether oxygens (including phenoxy) is 3. The van der Waals surface area contributed by atoms with Gasteiger partial charge < -0.3 is 19.3 Å². The molecule has 0 aromatic carbocycles. The minimum Gasteiger partial charge on any atom is -0.463 e. The van der Waals surface area contributed by atoms with Crippen LogP contribution in [0.5, 0.6) is 0 Å². The second-order valence-corrected chi connectivity index (χ2v) is 11.7. The first-order valence-corrected chi connectivity index (χ1v) is 16.9. The molecule has 40 heavy (non-hydrogen) atoms. The van der Waals surface area contributed by atoms with Gasteiger partial charge in [-0.15, -0.1) is 0 Å². The van der Waals surface area contributed by atoms with E-state index in [1.54, 1.807) is 0 Å². The molecule has 2 unspecified atom stereocenters. The molecule has 1 N–H and O–H groups in total. The van der Waals surface area contributed by atoms with Crippen LogP contribution in [0, 0.1) is 0 Å². The summed E-state index contributed by atoms with van der Waals surface area (Å²) >= 11 is 0. The van der Waals surface area contributed by atoms with Crippen LogP contribution in [0.1, 0.15) is 162 Å². The molecule has 1 aliphatic heterocycles. The number of rotatable bonds is 29. The molecule has 0 aliphatic carbocycles. The van der Waals surface area contributed by atoms with E-state index in [2.05, 4.69) is 26.0 Å². The number of hydrogen-bond acceptors (Lipinski definition) is 6.